The van der Waals surface area contributed by atoms with Crippen molar-refractivity contribution in [2.24, 2.45) is 0 Å². The summed E-state index contributed by atoms with van der Waals surface area (Å²) in [6.45, 7) is 2.85. The van der Waals surface area contributed by atoms with E-state index >= 15 is 0 Å². The molecule has 4 aromatic rings. The fourth-order valence-electron chi connectivity index (χ4n) is 4.22. The third-order valence-electron chi connectivity index (χ3n) is 5.88. The van der Waals surface area contributed by atoms with Crippen LogP contribution >= 0.6 is 11.3 Å². The van der Waals surface area contributed by atoms with Crippen LogP contribution in [-0.4, -0.2) is 52.4 Å². The van der Waals surface area contributed by atoms with Gasteiger partial charge in [0.05, 0.1) is 40.1 Å². The maximum absolute atomic E-state index is 12.7. The van der Waals surface area contributed by atoms with Crippen molar-refractivity contribution in [2.75, 3.05) is 36.5 Å². The largest absolute Gasteiger partial charge is 0.378 e. The third-order valence-corrected chi connectivity index (χ3v) is 6.92. The summed E-state index contributed by atoms with van der Waals surface area (Å²) < 4.78 is 6.52. The monoisotopic (exact) mass is 458 g/mol. The van der Waals surface area contributed by atoms with E-state index in [2.05, 4.69) is 20.4 Å². The van der Waals surface area contributed by atoms with Crippen molar-refractivity contribution in [2.45, 2.75) is 12.8 Å². The Kier molecular flexibility index (Phi) is 5.12. The Labute approximate surface area is 194 Å². The first kappa shape index (κ1) is 20.1. The summed E-state index contributed by atoms with van der Waals surface area (Å²) in [4.78, 5) is 24.9. The molecular formula is C24H22N6O2S. The van der Waals surface area contributed by atoms with Crippen molar-refractivity contribution in [1.29, 1.82) is 0 Å². The maximum Gasteiger partial charge on any atom is 0.255 e. The van der Waals surface area contributed by atoms with Gasteiger partial charge < -0.3 is 15.0 Å². The number of hydrogen-bond acceptors (Lipinski definition) is 7. The van der Waals surface area contributed by atoms with E-state index in [1.54, 1.807) is 6.20 Å². The van der Waals surface area contributed by atoms with Crippen LogP contribution in [-0.2, 0) is 9.53 Å². The van der Waals surface area contributed by atoms with Gasteiger partial charge in [-0.1, -0.05) is 30.4 Å². The second kappa shape index (κ2) is 8.42. The number of nitrogens with one attached hydrogen (secondary N) is 2. The minimum atomic E-state index is -0.0956. The van der Waals surface area contributed by atoms with Crippen LogP contribution in [0.15, 0.2) is 54.3 Å². The minimum Gasteiger partial charge on any atom is -0.378 e. The van der Waals surface area contributed by atoms with Crippen LogP contribution in [0.2, 0.25) is 0 Å². The highest BCUT2D eigenvalue weighted by Crippen LogP contribution is 2.38. The number of rotatable bonds is 4. The SMILES string of the molecule is O=C(Nc1cc2nc(-c3cccc4[nH]ncc34)nc(N3CCOCC3)c2s1)C1=CCCC=C1. The number of benzene rings is 1. The highest BCUT2D eigenvalue weighted by Gasteiger charge is 2.22. The molecule has 1 fully saturated rings. The molecule has 1 aliphatic heterocycles. The zero-order valence-electron chi connectivity index (χ0n) is 17.9. The predicted molar refractivity (Wildman–Crippen MR) is 131 cm³/mol. The van der Waals surface area contributed by atoms with Crippen molar-refractivity contribution in [1.82, 2.24) is 20.2 Å². The smallest absolute Gasteiger partial charge is 0.255 e. The van der Waals surface area contributed by atoms with Crippen molar-refractivity contribution in [3.05, 3.63) is 54.3 Å². The van der Waals surface area contributed by atoms with Gasteiger partial charge in [-0.25, -0.2) is 9.97 Å². The van der Waals surface area contributed by atoms with Gasteiger partial charge in [0.2, 0.25) is 0 Å². The Balaban J connectivity index is 1.45. The zero-order valence-corrected chi connectivity index (χ0v) is 18.7. The van der Waals surface area contributed by atoms with E-state index in [9.17, 15) is 4.79 Å². The van der Waals surface area contributed by atoms with Gasteiger partial charge in [0.25, 0.3) is 5.91 Å². The molecule has 166 valence electrons. The number of hydrogen-bond donors (Lipinski definition) is 2. The molecule has 1 aliphatic carbocycles. The lowest BCUT2D eigenvalue weighted by Gasteiger charge is -2.28. The average molecular weight is 459 g/mol. The quantitative estimate of drug-likeness (QED) is 0.474. The number of aromatic nitrogens is 4. The summed E-state index contributed by atoms with van der Waals surface area (Å²) in [7, 11) is 0. The van der Waals surface area contributed by atoms with Crippen LogP contribution in [0, 0.1) is 0 Å². The van der Waals surface area contributed by atoms with Gasteiger partial charge in [-0.3, -0.25) is 9.89 Å². The van der Waals surface area contributed by atoms with Crippen molar-refractivity contribution < 1.29 is 9.53 Å². The summed E-state index contributed by atoms with van der Waals surface area (Å²) in [5.41, 5.74) is 3.38. The number of morpholine rings is 1. The van der Waals surface area contributed by atoms with Crippen LogP contribution in [0.4, 0.5) is 10.8 Å². The van der Waals surface area contributed by atoms with Gasteiger partial charge >= 0.3 is 0 Å². The molecule has 9 heteroatoms. The van der Waals surface area contributed by atoms with E-state index in [1.165, 1.54) is 11.3 Å². The molecule has 0 spiro atoms. The number of carbonyl (C=O) groups excluding carboxylic acids is 1. The number of carbonyl (C=O) groups is 1. The van der Waals surface area contributed by atoms with Crippen molar-refractivity contribution in [3.63, 3.8) is 0 Å². The number of amides is 1. The van der Waals surface area contributed by atoms with Gasteiger partial charge in [0, 0.05) is 29.6 Å². The van der Waals surface area contributed by atoms with E-state index < -0.39 is 0 Å². The topological polar surface area (TPSA) is 96.0 Å². The Bertz CT molecular complexity index is 1410. The molecule has 33 heavy (non-hydrogen) atoms. The molecule has 0 saturated carbocycles. The summed E-state index contributed by atoms with van der Waals surface area (Å²) in [6, 6.07) is 7.91. The van der Waals surface area contributed by atoms with Crippen LogP contribution < -0.4 is 10.2 Å². The van der Waals surface area contributed by atoms with Crippen LogP contribution in [0.1, 0.15) is 12.8 Å². The number of H-pyrrole nitrogens is 1. The van der Waals surface area contributed by atoms with Crippen LogP contribution in [0.3, 0.4) is 0 Å². The van der Waals surface area contributed by atoms with Crippen LogP contribution in [0.25, 0.3) is 32.5 Å². The molecule has 1 aromatic carbocycles. The van der Waals surface area contributed by atoms with E-state index in [0.717, 1.165) is 63.4 Å². The van der Waals surface area contributed by atoms with E-state index in [4.69, 9.17) is 14.7 Å². The first-order valence-corrected chi connectivity index (χ1v) is 11.8. The molecule has 0 atom stereocenters. The van der Waals surface area contributed by atoms with Gasteiger partial charge in [-0.15, -0.1) is 11.3 Å². The fraction of sp³-hybridized carbons (Fsp3) is 0.250. The second-order valence-corrected chi connectivity index (χ2v) is 9.08. The molecular weight excluding hydrogens is 436 g/mol. The van der Waals surface area contributed by atoms with Crippen molar-refractivity contribution in [3.8, 4) is 11.4 Å². The average Bonchev–Trinajstić information content (AvgIpc) is 3.51. The van der Waals surface area contributed by atoms with Gasteiger partial charge in [-0.05, 0) is 25.0 Å². The molecule has 2 N–H and O–H groups in total. The first-order valence-electron chi connectivity index (χ1n) is 11.0. The fourth-order valence-corrected chi connectivity index (χ4v) is 5.22. The molecule has 0 radical (unpaired) electrons. The molecule has 1 amide bonds. The van der Waals surface area contributed by atoms with Crippen LogP contribution in [0.5, 0.6) is 0 Å². The molecule has 1 saturated heterocycles. The summed E-state index contributed by atoms with van der Waals surface area (Å²) >= 11 is 1.51. The predicted octanol–water partition coefficient (Wildman–Crippen LogP) is 4.29. The Morgan fingerprint density at radius 1 is 1.18 bits per heavy atom. The number of ether oxygens (including phenoxy) is 1. The molecule has 0 unspecified atom stereocenters. The summed E-state index contributed by atoms with van der Waals surface area (Å²) in [5.74, 6) is 1.42. The van der Waals surface area contributed by atoms with Gasteiger partial charge in [0.15, 0.2) is 11.6 Å². The standard InChI is InChI=1S/C24H22N6O2S/c31-24(15-5-2-1-3-6-15)27-20-13-19-21(33-20)23(30-9-11-32-12-10-30)28-22(26-19)16-7-4-8-18-17(16)14-25-29-18/h2,4-8,13-14H,1,3,9-12H2,(H,25,29)(H,27,31). The number of fused-ring (bicyclic) bond motifs is 2. The third kappa shape index (κ3) is 3.79. The number of nitrogens with zero attached hydrogens (tertiary/aromatic N) is 4. The number of anilines is 2. The normalized spacial score (nSPS) is 16.4. The summed E-state index contributed by atoms with van der Waals surface area (Å²) in [5, 5.41) is 12.0. The van der Waals surface area contributed by atoms with Gasteiger partial charge in [-0.2, -0.15) is 5.10 Å². The molecule has 3 aromatic heterocycles. The highest BCUT2D eigenvalue weighted by atomic mass is 32.1. The zero-order chi connectivity index (χ0) is 22.2. The lowest BCUT2D eigenvalue weighted by atomic mass is 10.1. The molecule has 0 bridgehead atoms. The van der Waals surface area contributed by atoms with E-state index in [0.29, 0.717) is 24.6 Å². The molecule has 6 rings (SSSR count). The summed E-state index contributed by atoms with van der Waals surface area (Å²) in [6.07, 6.45) is 9.56. The molecule has 2 aliphatic rings. The van der Waals surface area contributed by atoms with Crippen molar-refractivity contribution >= 4 is 49.2 Å². The number of aromatic amines is 1. The number of allylic oxidation sites excluding steroid dienone is 2. The number of thiophene rings is 1. The highest BCUT2D eigenvalue weighted by molar-refractivity contribution is 7.23. The molecule has 4 heterocycles. The second-order valence-electron chi connectivity index (χ2n) is 8.03. The first-order chi connectivity index (χ1) is 16.3. The van der Waals surface area contributed by atoms with Gasteiger partial charge in [0.1, 0.15) is 0 Å². The van der Waals surface area contributed by atoms with E-state index in [-0.39, 0.29) is 5.91 Å². The maximum atomic E-state index is 12.7. The lowest BCUT2D eigenvalue weighted by Crippen LogP contribution is -2.36. The van der Waals surface area contributed by atoms with E-state index in [1.807, 2.05) is 42.5 Å². The lowest BCUT2D eigenvalue weighted by molar-refractivity contribution is -0.112. The Morgan fingerprint density at radius 3 is 2.94 bits per heavy atom. The molecule has 8 nitrogen and oxygen atoms in total. The minimum absolute atomic E-state index is 0.0956. The Hall–Kier alpha value is -3.56. The Morgan fingerprint density at radius 2 is 2.09 bits per heavy atom.